The van der Waals surface area contributed by atoms with Crippen molar-refractivity contribution in [1.82, 2.24) is 0 Å². The molecule has 0 aromatic heterocycles. The molecule has 6 nitrogen and oxygen atoms in total. The van der Waals surface area contributed by atoms with Crippen LogP contribution in [-0.4, -0.2) is 27.8 Å². The molecule has 0 saturated heterocycles. The zero-order valence-corrected chi connectivity index (χ0v) is 11.5. The Morgan fingerprint density at radius 3 is 2.84 bits per heavy atom. The van der Waals surface area contributed by atoms with Crippen LogP contribution < -0.4 is 5.73 Å². The Balaban J connectivity index is 2.58. The first kappa shape index (κ1) is 15.7. The average molecular weight is 305 g/mol. The second-order valence-corrected chi connectivity index (χ2v) is 5.29. The van der Waals surface area contributed by atoms with Gasteiger partial charge in [-0.1, -0.05) is 17.7 Å². The van der Waals surface area contributed by atoms with Crippen molar-refractivity contribution < 1.29 is 14.8 Å². The van der Waals surface area contributed by atoms with E-state index in [0.29, 0.717) is 28.5 Å². The monoisotopic (exact) mass is 304 g/mol. The molecule has 3 N–H and O–H groups in total. The van der Waals surface area contributed by atoms with Crippen LogP contribution in [0.25, 0.3) is 0 Å². The van der Waals surface area contributed by atoms with Gasteiger partial charge in [-0.15, -0.1) is 0 Å². The van der Waals surface area contributed by atoms with Crippen LogP contribution in [-0.2, 0) is 10.5 Å². The maximum atomic E-state index is 10.8. The van der Waals surface area contributed by atoms with Crippen molar-refractivity contribution in [3.8, 4) is 0 Å². The van der Waals surface area contributed by atoms with Crippen molar-refractivity contribution >= 4 is 35.0 Å². The number of rotatable bonds is 7. The Kier molecular flexibility index (Phi) is 6.07. The molecule has 0 bridgehead atoms. The summed E-state index contributed by atoms with van der Waals surface area (Å²) in [5.74, 6) is -0.206. The Hall–Kier alpha value is -1.31. The van der Waals surface area contributed by atoms with Gasteiger partial charge in [0.15, 0.2) is 0 Å². The highest BCUT2D eigenvalue weighted by Crippen LogP contribution is 2.30. The molecule has 19 heavy (non-hydrogen) atoms. The van der Waals surface area contributed by atoms with E-state index in [2.05, 4.69) is 0 Å². The van der Waals surface area contributed by atoms with Gasteiger partial charge in [0, 0.05) is 11.8 Å². The van der Waals surface area contributed by atoms with Crippen LogP contribution >= 0.6 is 23.4 Å². The van der Waals surface area contributed by atoms with Crippen LogP contribution in [0.3, 0.4) is 0 Å². The van der Waals surface area contributed by atoms with Crippen LogP contribution in [0.2, 0.25) is 5.02 Å². The third kappa shape index (κ3) is 4.70. The fraction of sp³-hybridized carbons (Fsp3) is 0.364. The number of carboxylic acids is 1. The maximum Gasteiger partial charge on any atom is 0.320 e. The second-order valence-electron chi connectivity index (χ2n) is 3.78. The quantitative estimate of drug-likeness (QED) is 0.454. The SMILES string of the molecule is NC(CCSCc1c(Cl)cccc1[N+](=O)[O-])C(=O)O. The smallest absolute Gasteiger partial charge is 0.320 e. The van der Waals surface area contributed by atoms with E-state index in [4.69, 9.17) is 22.4 Å². The molecule has 8 heteroatoms. The number of carboxylic acid groups (broad SMARTS) is 1. The number of nitro benzene ring substituents is 1. The van der Waals surface area contributed by atoms with Crippen LogP contribution in [0.5, 0.6) is 0 Å². The van der Waals surface area contributed by atoms with E-state index in [-0.39, 0.29) is 5.69 Å². The summed E-state index contributed by atoms with van der Waals surface area (Å²) in [6.45, 7) is 0. The van der Waals surface area contributed by atoms with Gasteiger partial charge in [0.1, 0.15) is 6.04 Å². The minimum absolute atomic E-state index is 0.0254. The molecule has 0 amide bonds. The summed E-state index contributed by atoms with van der Waals surface area (Å²) in [5, 5.41) is 19.8. The fourth-order valence-electron chi connectivity index (χ4n) is 1.37. The Morgan fingerprint density at radius 1 is 1.58 bits per heavy atom. The minimum Gasteiger partial charge on any atom is -0.480 e. The molecule has 0 fully saturated rings. The van der Waals surface area contributed by atoms with E-state index >= 15 is 0 Å². The second kappa shape index (κ2) is 7.32. The predicted molar refractivity (Wildman–Crippen MR) is 74.5 cm³/mol. The van der Waals surface area contributed by atoms with Gasteiger partial charge >= 0.3 is 5.97 Å². The Bertz CT molecular complexity index is 484. The average Bonchev–Trinajstić information content (AvgIpc) is 2.35. The van der Waals surface area contributed by atoms with Crippen LogP contribution in [0.15, 0.2) is 18.2 Å². The molecule has 0 radical (unpaired) electrons. The van der Waals surface area contributed by atoms with E-state index in [1.165, 1.54) is 23.9 Å². The first-order chi connectivity index (χ1) is 8.93. The normalized spacial score (nSPS) is 12.1. The third-order valence-corrected chi connectivity index (χ3v) is 3.80. The van der Waals surface area contributed by atoms with Gasteiger partial charge < -0.3 is 10.8 Å². The van der Waals surface area contributed by atoms with Gasteiger partial charge in [0.25, 0.3) is 5.69 Å². The molecule has 1 rings (SSSR count). The molecule has 0 spiro atoms. The van der Waals surface area contributed by atoms with E-state index in [0.717, 1.165) is 0 Å². The Morgan fingerprint density at radius 2 is 2.26 bits per heavy atom. The number of thioether (sulfide) groups is 1. The Labute approximate surface area is 119 Å². The van der Waals surface area contributed by atoms with Crippen molar-refractivity contribution in [2.45, 2.75) is 18.2 Å². The number of benzene rings is 1. The minimum atomic E-state index is -1.05. The molecule has 1 aromatic rings. The van der Waals surface area contributed by atoms with E-state index in [1.54, 1.807) is 6.07 Å². The van der Waals surface area contributed by atoms with Crippen molar-refractivity contribution in [2.75, 3.05) is 5.75 Å². The molecule has 104 valence electrons. The van der Waals surface area contributed by atoms with E-state index in [9.17, 15) is 14.9 Å². The number of nitrogens with two attached hydrogens (primary N) is 1. The van der Waals surface area contributed by atoms with E-state index < -0.39 is 16.9 Å². The van der Waals surface area contributed by atoms with Crippen LogP contribution in [0.1, 0.15) is 12.0 Å². The predicted octanol–water partition coefficient (Wildman–Crippen LogP) is 2.28. The maximum absolute atomic E-state index is 10.8. The van der Waals surface area contributed by atoms with Gasteiger partial charge in [-0.05, 0) is 18.2 Å². The summed E-state index contributed by atoms with van der Waals surface area (Å²) in [4.78, 5) is 20.9. The van der Waals surface area contributed by atoms with Crippen LogP contribution in [0, 0.1) is 10.1 Å². The molecule has 1 aromatic carbocycles. The topological polar surface area (TPSA) is 106 Å². The number of nitro groups is 1. The largest absolute Gasteiger partial charge is 0.480 e. The fourth-order valence-corrected chi connectivity index (χ4v) is 2.76. The van der Waals surface area contributed by atoms with Gasteiger partial charge in [0.05, 0.1) is 15.5 Å². The summed E-state index contributed by atoms with van der Waals surface area (Å²) < 4.78 is 0. The molecular weight excluding hydrogens is 292 g/mol. The van der Waals surface area contributed by atoms with Gasteiger partial charge in [-0.25, -0.2) is 0 Å². The van der Waals surface area contributed by atoms with Crippen LogP contribution in [0.4, 0.5) is 5.69 Å². The summed E-state index contributed by atoms with van der Waals surface area (Å²) in [7, 11) is 0. The highest BCUT2D eigenvalue weighted by Gasteiger charge is 2.17. The van der Waals surface area contributed by atoms with Gasteiger partial charge in [-0.2, -0.15) is 11.8 Å². The third-order valence-electron chi connectivity index (χ3n) is 2.43. The lowest BCUT2D eigenvalue weighted by molar-refractivity contribution is -0.385. The number of carbonyl (C=O) groups is 1. The zero-order chi connectivity index (χ0) is 14.4. The number of nitrogens with zero attached hydrogens (tertiary/aromatic N) is 1. The van der Waals surface area contributed by atoms with Crippen molar-refractivity contribution in [2.24, 2.45) is 5.73 Å². The molecule has 0 aliphatic carbocycles. The molecule has 0 aliphatic rings. The van der Waals surface area contributed by atoms with Gasteiger partial charge in [-0.3, -0.25) is 14.9 Å². The first-order valence-corrected chi connectivity index (χ1v) is 6.94. The van der Waals surface area contributed by atoms with Crippen molar-refractivity contribution in [3.63, 3.8) is 0 Å². The van der Waals surface area contributed by atoms with E-state index in [1.807, 2.05) is 0 Å². The summed E-state index contributed by atoms with van der Waals surface area (Å²) >= 11 is 7.29. The zero-order valence-electron chi connectivity index (χ0n) is 9.91. The summed E-state index contributed by atoms with van der Waals surface area (Å²) in [5.41, 5.74) is 5.78. The lowest BCUT2D eigenvalue weighted by atomic mass is 10.2. The first-order valence-electron chi connectivity index (χ1n) is 5.41. The molecule has 1 atom stereocenters. The summed E-state index contributed by atoms with van der Waals surface area (Å²) in [6, 6.07) is 3.60. The molecule has 0 heterocycles. The molecule has 1 unspecified atom stereocenters. The highest BCUT2D eigenvalue weighted by atomic mass is 35.5. The number of hydrogen-bond acceptors (Lipinski definition) is 5. The molecule has 0 aliphatic heterocycles. The number of halogens is 1. The molecule has 0 saturated carbocycles. The van der Waals surface area contributed by atoms with Gasteiger partial charge in [0.2, 0.25) is 0 Å². The summed E-state index contributed by atoms with van der Waals surface area (Å²) in [6.07, 6.45) is 0.304. The van der Waals surface area contributed by atoms with Crippen molar-refractivity contribution in [1.29, 1.82) is 0 Å². The molecular formula is C11H13ClN2O4S. The number of aliphatic carboxylic acids is 1. The standard InChI is InChI=1S/C11H13ClN2O4S/c12-8-2-1-3-10(14(17)18)7(8)6-19-5-4-9(13)11(15)16/h1-3,9H,4-6,13H2,(H,15,16). The highest BCUT2D eigenvalue weighted by molar-refractivity contribution is 7.98. The lowest BCUT2D eigenvalue weighted by Gasteiger charge is -2.07. The number of hydrogen-bond donors (Lipinski definition) is 2. The lowest BCUT2D eigenvalue weighted by Crippen LogP contribution is -2.30. The van der Waals surface area contributed by atoms with Crippen molar-refractivity contribution in [3.05, 3.63) is 38.9 Å².